The van der Waals surface area contributed by atoms with Gasteiger partial charge in [-0.1, -0.05) is 126 Å². The van der Waals surface area contributed by atoms with Crippen molar-refractivity contribution in [2.24, 2.45) is 10.9 Å². The molecular formula is C57H44Cl2N4O7S3. The van der Waals surface area contributed by atoms with E-state index >= 15 is 0 Å². The number of rotatable bonds is 13. The monoisotopic (exact) mass is 1060 g/mol. The summed E-state index contributed by atoms with van der Waals surface area (Å²) in [5, 5.41) is 30.5. The quantitative estimate of drug-likeness (QED) is 0.0331. The molecule has 10 aromatic rings. The van der Waals surface area contributed by atoms with Crippen LogP contribution in [0.25, 0.3) is 32.2 Å². The van der Waals surface area contributed by atoms with Crippen molar-refractivity contribution < 1.29 is 33.3 Å². The minimum absolute atomic E-state index is 0.00286. The fourth-order valence-corrected chi connectivity index (χ4v) is 11.7. The maximum absolute atomic E-state index is 13.1. The van der Waals surface area contributed by atoms with Crippen LogP contribution in [0.15, 0.2) is 177 Å². The number of amidine groups is 1. The van der Waals surface area contributed by atoms with Gasteiger partial charge >= 0.3 is 0 Å². The Morgan fingerprint density at radius 2 is 1.33 bits per heavy atom. The summed E-state index contributed by atoms with van der Waals surface area (Å²) in [4.78, 5) is 33.9. The van der Waals surface area contributed by atoms with E-state index in [0.29, 0.717) is 44.2 Å². The lowest BCUT2D eigenvalue weighted by atomic mass is 9.99. The lowest BCUT2D eigenvalue weighted by molar-refractivity contribution is 0.101. The van der Waals surface area contributed by atoms with E-state index in [1.54, 1.807) is 35.6 Å². The Balaban J connectivity index is 0.000000238. The number of carbonyl (C=O) groups is 2. The number of furan rings is 2. The molecule has 0 spiro atoms. The van der Waals surface area contributed by atoms with Gasteiger partial charge in [-0.3, -0.25) is 9.59 Å². The normalized spacial score (nSPS) is 11.9. The summed E-state index contributed by atoms with van der Waals surface area (Å²) in [6.07, 6.45) is 3.49. The molecule has 0 radical (unpaired) electrons. The summed E-state index contributed by atoms with van der Waals surface area (Å²) < 4.78 is 17.9. The summed E-state index contributed by atoms with van der Waals surface area (Å²) in [5.74, 6) is 1.73. The number of aliphatic hydroxyl groups is 1. The van der Waals surface area contributed by atoms with Gasteiger partial charge in [0, 0.05) is 48.3 Å². The van der Waals surface area contributed by atoms with E-state index in [9.17, 15) is 19.9 Å². The number of hydrogen-bond acceptors (Lipinski definition) is 13. The molecule has 6 aromatic heterocycles. The Kier molecular flexibility index (Phi) is 15.5. The second-order valence-electron chi connectivity index (χ2n) is 17.0. The van der Waals surface area contributed by atoms with E-state index in [0.717, 1.165) is 68.0 Å². The molecule has 73 heavy (non-hydrogen) atoms. The lowest BCUT2D eigenvalue weighted by Gasteiger charge is -2.06. The molecule has 0 unspecified atom stereocenters. The molecule has 0 atom stereocenters. The molecule has 10 rings (SSSR count). The zero-order chi connectivity index (χ0) is 51.2. The van der Waals surface area contributed by atoms with Crippen molar-refractivity contribution in [2.75, 3.05) is 0 Å². The third-order valence-corrected chi connectivity index (χ3v) is 15.8. The van der Waals surface area contributed by atoms with Crippen LogP contribution in [0.4, 0.5) is 0 Å². The van der Waals surface area contributed by atoms with Gasteiger partial charge in [0.15, 0.2) is 23.1 Å². The molecule has 0 fully saturated rings. The number of nitrogens with zero attached hydrogens (tertiary/aromatic N) is 3. The fourth-order valence-electron chi connectivity index (χ4n) is 7.88. The zero-order valence-electron chi connectivity index (χ0n) is 39.3. The van der Waals surface area contributed by atoms with Crippen molar-refractivity contribution in [3.05, 3.63) is 243 Å². The topological polar surface area (TPSA) is 178 Å². The van der Waals surface area contributed by atoms with Gasteiger partial charge in [0.1, 0.15) is 5.84 Å². The molecule has 0 aliphatic carbocycles. The molecule has 6 heterocycles. The van der Waals surface area contributed by atoms with E-state index in [1.807, 2.05) is 128 Å². The molecule has 366 valence electrons. The van der Waals surface area contributed by atoms with Crippen LogP contribution in [0, 0.1) is 9.75 Å². The fraction of sp³-hybridized carbons (Fsp3) is 0.105. The van der Waals surface area contributed by atoms with Gasteiger partial charge in [0.25, 0.3) is 5.89 Å². The SMILES string of the molecule is CC(C)c1cc(C(=O)c2ccccc2)sc1-c1ccc(Cl)cc1.CC(c1nc(Cc2cc(C(=O)c3ccco3)sc2-c2ccc(Cl)cc2)no1)=c1ccc(=c2s/c(=C(\O)c3ccco3)cc2C/C(N)=N\O)cc1. The summed E-state index contributed by atoms with van der Waals surface area (Å²) in [6.45, 7) is 6.20. The van der Waals surface area contributed by atoms with Crippen LogP contribution >= 0.6 is 57.2 Å². The smallest absolute Gasteiger partial charge is 0.254 e. The Morgan fingerprint density at radius 1 is 0.712 bits per heavy atom. The predicted octanol–water partition coefficient (Wildman–Crippen LogP) is 13.5. The van der Waals surface area contributed by atoms with E-state index in [4.69, 9.17) is 47.3 Å². The predicted molar refractivity (Wildman–Crippen MR) is 290 cm³/mol. The number of oxime groups is 1. The Morgan fingerprint density at radius 3 is 1.95 bits per heavy atom. The van der Waals surface area contributed by atoms with E-state index in [-0.39, 0.29) is 35.3 Å². The van der Waals surface area contributed by atoms with Crippen molar-refractivity contribution >= 4 is 85.9 Å². The van der Waals surface area contributed by atoms with Crippen LogP contribution in [0.3, 0.4) is 0 Å². The average Bonchev–Trinajstić information content (AvgIpc) is 4.29. The highest BCUT2D eigenvalue weighted by atomic mass is 35.5. The number of nitrogens with two attached hydrogens (primary N) is 1. The van der Waals surface area contributed by atoms with Gasteiger partial charge in [-0.15, -0.1) is 34.0 Å². The molecular weight excluding hydrogens is 1020 g/mol. The van der Waals surface area contributed by atoms with Crippen LogP contribution in [-0.4, -0.2) is 37.9 Å². The first-order valence-electron chi connectivity index (χ1n) is 22.8. The highest BCUT2D eigenvalue weighted by Gasteiger charge is 2.22. The minimum Gasteiger partial charge on any atom is -0.503 e. The highest BCUT2D eigenvalue weighted by molar-refractivity contribution is 7.18. The number of thiophene rings is 3. The first-order valence-corrected chi connectivity index (χ1v) is 26.0. The Bertz CT molecular complexity index is 3800. The molecule has 4 N–H and O–H groups in total. The van der Waals surface area contributed by atoms with Crippen molar-refractivity contribution in [3.8, 4) is 20.9 Å². The first-order chi connectivity index (χ1) is 35.3. The number of ketones is 2. The van der Waals surface area contributed by atoms with Crippen LogP contribution in [0.1, 0.15) is 91.5 Å². The number of aromatic nitrogens is 2. The first kappa shape index (κ1) is 50.4. The second kappa shape index (κ2) is 22.4. The van der Waals surface area contributed by atoms with Gasteiger partial charge in [-0.05, 0) is 118 Å². The van der Waals surface area contributed by atoms with Crippen LogP contribution in [-0.2, 0) is 12.8 Å². The van der Waals surface area contributed by atoms with Crippen molar-refractivity contribution in [1.29, 1.82) is 0 Å². The van der Waals surface area contributed by atoms with Gasteiger partial charge < -0.3 is 29.4 Å². The highest BCUT2D eigenvalue weighted by Crippen LogP contribution is 2.39. The van der Waals surface area contributed by atoms with Gasteiger partial charge in [-0.25, -0.2) is 0 Å². The molecule has 0 amide bonds. The number of aliphatic hydroxyl groups excluding tert-OH is 1. The molecule has 4 aromatic carbocycles. The standard InChI is InChI=1S/C37H27ClN4O6S2.C20H17ClOS/c1-20(21-6-8-22(9-7-21)35-24(18-31(39)41-45)16-29(49-35)33(43)27-4-2-14-46-27)37-40-32(42-48-37)19-25-17-30(34(44)28-5-3-15-47-28)50-36(25)23-10-12-26(38)13-11-23;1-13(2)17-12-18(19(22)14-6-4-3-5-7-14)23-20(17)15-8-10-16(21)11-9-15/h2-17,43,45H,18-19H2,1H3,(H2,39,41);3-13H,1-2H3/b21-20?,33-29-,35-22?;. The lowest BCUT2D eigenvalue weighted by Crippen LogP contribution is -2.14. The largest absolute Gasteiger partial charge is 0.503 e. The number of halogens is 2. The van der Waals surface area contributed by atoms with Crippen molar-refractivity contribution in [3.63, 3.8) is 0 Å². The number of hydrogen-bond donors (Lipinski definition) is 3. The van der Waals surface area contributed by atoms with E-state index in [2.05, 4.69) is 24.2 Å². The number of benzene rings is 4. The third-order valence-electron chi connectivity index (χ3n) is 11.6. The summed E-state index contributed by atoms with van der Waals surface area (Å²) in [6, 6.07) is 44.9. The number of carbonyl (C=O) groups excluding carboxylic acids is 2. The minimum atomic E-state index is -0.203. The zero-order valence-corrected chi connectivity index (χ0v) is 43.3. The average molecular weight is 1060 g/mol. The molecule has 0 aliphatic heterocycles. The molecule has 0 saturated carbocycles. The van der Waals surface area contributed by atoms with Gasteiger partial charge in [0.2, 0.25) is 11.6 Å². The van der Waals surface area contributed by atoms with Crippen molar-refractivity contribution in [2.45, 2.75) is 39.5 Å². The maximum atomic E-state index is 13.1. The summed E-state index contributed by atoms with van der Waals surface area (Å²) in [5.41, 5.74) is 12.2. The van der Waals surface area contributed by atoms with Gasteiger partial charge in [0.05, 0.1) is 26.8 Å². The Labute approximate surface area is 440 Å². The third kappa shape index (κ3) is 11.5. The maximum Gasteiger partial charge on any atom is 0.254 e. The molecule has 16 heteroatoms. The summed E-state index contributed by atoms with van der Waals surface area (Å²) in [7, 11) is 0. The summed E-state index contributed by atoms with van der Waals surface area (Å²) >= 11 is 16.4. The van der Waals surface area contributed by atoms with Crippen LogP contribution < -0.4 is 15.5 Å². The molecule has 0 aliphatic rings. The van der Waals surface area contributed by atoms with E-state index < -0.39 is 0 Å². The van der Waals surface area contributed by atoms with Crippen molar-refractivity contribution in [1.82, 2.24) is 10.1 Å². The second-order valence-corrected chi connectivity index (χ2v) is 21.0. The van der Waals surface area contributed by atoms with E-state index in [1.165, 1.54) is 40.8 Å². The van der Waals surface area contributed by atoms with Crippen LogP contribution in [0.2, 0.25) is 10.0 Å². The Hall–Kier alpha value is -7.59. The molecule has 11 nitrogen and oxygen atoms in total. The van der Waals surface area contributed by atoms with Gasteiger partial charge in [-0.2, -0.15) is 4.98 Å². The molecule has 0 saturated heterocycles. The van der Waals surface area contributed by atoms with Crippen LogP contribution in [0.5, 0.6) is 0 Å². The molecule has 0 bridgehead atoms.